The molecule has 6 aromatic carbocycles. The van der Waals surface area contributed by atoms with Crippen molar-refractivity contribution in [2.24, 2.45) is 11.8 Å². The molecule has 0 radical (unpaired) electrons. The van der Waals surface area contributed by atoms with E-state index in [2.05, 4.69) is 115 Å². The molecule has 2 fully saturated rings. The van der Waals surface area contributed by atoms with Crippen LogP contribution in [0.3, 0.4) is 0 Å². The molecule has 51 heavy (non-hydrogen) atoms. The molecule has 7 aromatic rings. The van der Waals surface area contributed by atoms with Crippen molar-refractivity contribution in [2.75, 3.05) is 13.3 Å². The summed E-state index contributed by atoms with van der Waals surface area (Å²) in [6, 6.07) is 51.6. The second-order valence-corrected chi connectivity index (χ2v) is 18.1. The van der Waals surface area contributed by atoms with Crippen molar-refractivity contribution in [1.29, 1.82) is 0 Å². The third kappa shape index (κ3) is 5.82. The molecule has 5 heteroatoms. The van der Waals surface area contributed by atoms with Crippen molar-refractivity contribution in [3.63, 3.8) is 0 Å². The third-order valence-corrected chi connectivity index (χ3v) is 12.9. The predicted molar refractivity (Wildman–Crippen MR) is 211 cm³/mol. The summed E-state index contributed by atoms with van der Waals surface area (Å²) in [7, 11) is -2.30. The molecule has 250 valence electrons. The van der Waals surface area contributed by atoms with E-state index < -0.39 is 7.14 Å². The molecule has 3 unspecified atom stereocenters. The summed E-state index contributed by atoms with van der Waals surface area (Å²) in [6.07, 6.45) is 5.04. The zero-order chi connectivity index (χ0) is 34.6. The molecular weight excluding hydrogens is 642 g/mol. The Morgan fingerprint density at radius 2 is 1.14 bits per heavy atom. The molecule has 1 aromatic heterocycles. The van der Waals surface area contributed by atoms with Gasteiger partial charge in [-0.25, -0.2) is 15.0 Å². The van der Waals surface area contributed by atoms with E-state index in [1.54, 1.807) is 0 Å². The van der Waals surface area contributed by atoms with Gasteiger partial charge in [0, 0.05) is 27.4 Å². The van der Waals surface area contributed by atoms with Crippen molar-refractivity contribution in [1.82, 2.24) is 15.0 Å². The Kier molecular flexibility index (Phi) is 7.82. The molecule has 2 bridgehead atoms. The standard InChI is InChI=1S/C46H40N3OP/c1-51(2,50)42-25-20-33(21-26-42)37-13-8-14-40(29-37)46(30-31-15-22-41(46)27-31)39-23-18-35(19-24-39)44-47-43(34-10-4-3-5-11-34)48-45(49-44)38-17-16-32-9-6-7-12-36(32)28-38/h3-14,16-21,23-26,28-29,31,41H,15,22,27,30H2,1-2H3. The first-order chi connectivity index (χ1) is 24.8. The highest BCUT2D eigenvalue weighted by Gasteiger charge is 2.52. The summed E-state index contributed by atoms with van der Waals surface area (Å²) in [4.78, 5) is 15.1. The highest BCUT2D eigenvalue weighted by molar-refractivity contribution is 7.70. The third-order valence-electron chi connectivity index (χ3n) is 11.4. The summed E-state index contributed by atoms with van der Waals surface area (Å²) in [5, 5.41) is 3.27. The van der Waals surface area contributed by atoms with E-state index in [1.807, 2.05) is 43.7 Å². The van der Waals surface area contributed by atoms with Gasteiger partial charge in [0.1, 0.15) is 7.14 Å². The average Bonchev–Trinajstić information content (AvgIpc) is 3.81. The van der Waals surface area contributed by atoms with E-state index >= 15 is 0 Å². The molecule has 2 aliphatic rings. The summed E-state index contributed by atoms with van der Waals surface area (Å²) in [5.41, 5.74) is 8.02. The first-order valence-electron chi connectivity index (χ1n) is 18.0. The van der Waals surface area contributed by atoms with Gasteiger partial charge in [-0.2, -0.15) is 0 Å². The number of nitrogens with zero attached hydrogens (tertiary/aromatic N) is 3. The maximum absolute atomic E-state index is 12.7. The van der Waals surface area contributed by atoms with Gasteiger partial charge in [0.2, 0.25) is 0 Å². The van der Waals surface area contributed by atoms with Gasteiger partial charge in [0.15, 0.2) is 17.5 Å². The van der Waals surface area contributed by atoms with Crippen LogP contribution in [-0.4, -0.2) is 28.3 Å². The Bertz CT molecular complexity index is 2440. The lowest BCUT2D eigenvalue weighted by Crippen LogP contribution is -2.34. The van der Waals surface area contributed by atoms with Crippen LogP contribution < -0.4 is 5.30 Å². The van der Waals surface area contributed by atoms with E-state index in [0.29, 0.717) is 23.4 Å². The lowest BCUT2D eigenvalue weighted by atomic mass is 9.64. The molecule has 9 rings (SSSR count). The Labute approximate surface area is 300 Å². The molecular formula is C46H40N3OP. The van der Waals surface area contributed by atoms with Crippen LogP contribution in [0.2, 0.25) is 0 Å². The summed E-state index contributed by atoms with van der Waals surface area (Å²) < 4.78 is 12.7. The minimum atomic E-state index is -2.30. The maximum Gasteiger partial charge on any atom is 0.164 e. The Balaban J connectivity index is 1.11. The van der Waals surface area contributed by atoms with E-state index in [-0.39, 0.29) is 5.41 Å². The topological polar surface area (TPSA) is 55.7 Å². The number of aromatic nitrogens is 3. The zero-order valence-corrected chi connectivity index (χ0v) is 29.9. The van der Waals surface area contributed by atoms with Crippen molar-refractivity contribution in [2.45, 2.75) is 31.1 Å². The number of hydrogen-bond donors (Lipinski definition) is 0. The van der Waals surface area contributed by atoms with Crippen LogP contribution in [0.5, 0.6) is 0 Å². The van der Waals surface area contributed by atoms with Crippen LogP contribution in [0.4, 0.5) is 0 Å². The number of hydrogen-bond acceptors (Lipinski definition) is 4. The van der Waals surface area contributed by atoms with Crippen LogP contribution >= 0.6 is 7.14 Å². The Hall–Kier alpha value is -5.18. The van der Waals surface area contributed by atoms with E-state index in [4.69, 9.17) is 15.0 Å². The maximum atomic E-state index is 12.7. The van der Waals surface area contributed by atoms with Crippen LogP contribution in [0, 0.1) is 11.8 Å². The molecule has 4 nitrogen and oxygen atoms in total. The quantitative estimate of drug-likeness (QED) is 0.157. The fourth-order valence-electron chi connectivity index (χ4n) is 8.79. The van der Waals surface area contributed by atoms with Gasteiger partial charge in [0.25, 0.3) is 0 Å². The van der Waals surface area contributed by atoms with Gasteiger partial charge in [-0.1, -0.05) is 146 Å². The first kappa shape index (κ1) is 31.8. The van der Waals surface area contributed by atoms with Gasteiger partial charge in [-0.05, 0) is 83.5 Å². The fourth-order valence-corrected chi connectivity index (χ4v) is 9.66. The molecule has 0 N–H and O–H groups in total. The SMILES string of the molecule is CP(C)(=O)c1ccc(-c2cccc(C3(c4ccc(-c5nc(-c6ccccc6)nc(-c6ccc7ccccc7c6)n5)cc4)CC4CCC3C4)c2)cc1. The second kappa shape index (κ2) is 12.5. The van der Waals surface area contributed by atoms with Gasteiger partial charge in [0.05, 0.1) is 0 Å². The minimum Gasteiger partial charge on any atom is -0.319 e. The van der Waals surface area contributed by atoms with Gasteiger partial charge in [-0.15, -0.1) is 0 Å². The van der Waals surface area contributed by atoms with Crippen LogP contribution in [0.1, 0.15) is 36.8 Å². The number of rotatable bonds is 7. The Morgan fingerprint density at radius 3 is 1.80 bits per heavy atom. The van der Waals surface area contributed by atoms with Gasteiger partial charge in [-0.3, -0.25) is 0 Å². The highest BCUT2D eigenvalue weighted by atomic mass is 31.2. The molecule has 0 spiro atoms. The average molecular weight is 682 g/mol. The molecule has 2 aliphatic carbocycles. The normalized spacial score (nSPS) is 19.8. The predicted octanol–water partition coefficient (Wildman–Crippen LogP) is 11.0. The molecule has 0 amide bonds. The van der Waals surface area contributed by atoms with Crippen molar-refractivity contribution >= 4 is 23.2 Å². The highest BCUT2D eigenvalue weighted by Crippen LogP contribution is 2.60. The summed E-state index contributed by atoms with van der Waals surface area (Å²) >= 11 is 0. The van der Waals surface area contributed by atoms with Crippen molar-refractivity contribution in [3.05, 3.63) is 157 Å². The first-order valence-corrected chi connectivity index (χ1v) is 20.6. The fraction of sp³-hybridized carbons (Fsp3) is 0.196. The van der Waals surface area contributed by atoms with Crippen LogP contribution in [0.15, 0.2) is 146 Å². The van der Waals surface area contributed by atoms with E-state index in [0.717, 1.165) is 38.9 Å². The van der Waals surface area contributed by atoms with Crippen LogP contribution in [0.25, 0.3) is 56.1 Å². The molecule has 2 saturated carbocycles. The number of fused-ring (bicyclic) bond motifs is 3. The summed E-state index contributed by atoms with van der Waals surface area (Å²) in [6.45, 7) is 3.67. The van der Waals surface area contributed by atoms with Crippen molar-refractivity contribution in [3.8, 4) is 45.3 Å². The summed E-state index contributed by atoms with van der Waals surface area (Å²) in [5.74, 6) is 3.38. The minimum absolute atomic E-state index is 0.0372. The molecule has 0 aliphatic heterocycles. The molecule has 3 atom stereocenters. The monoisotopic (exact) mass is 681 g/mol. The zero-order valence-electron chi connectivity index (χ0n) is 29.0. The van der Waals surface area contributed by atoms with Crippen molar-refractivity contribution < 1.29 is 4.57 Å². The van der Waals surface area contributed by atoms with E-state index in [9.17, 15) is 4.57 Å². The van der Waals surface area contributed by atoms with E-state index in [1.165, 1.54) is 47.8 Å². The largest absolute Gasteiger partial charge is 0.319 e. The van der Waals surface area contributed by atoms with Gasteiger partial charge < -0.3 is 4.57 Å². The molecule has 0 saturated heterocycles. The Morgan fingerprint density at radius 1 is 0.529 bits per heavy atom. The number of benzene rings is 6. The second-order valence-electron chi connectivity index (χ2n) is 14.8. The lowest BCUT2D eigenvalue weighted by molar-refractivity contribution is 0.320. The smallest absolute Gasteiger partial charge is 0.164 e. The molecule has 1 heterocycles. The lowest BCUT2D eigenvalue weighted by Gasteiger charge is -2.39. The van der Waals surface area contributed by atoms with Crippen LogP contribution in [-0.2, 0) is 9.98 Å². The van der Waals surface area contributed by atoms with Gasteiger partial charge >= 0.3 is 0 Å².